The Hall–Kier alpha value is -0.780. The van der Waals surface area contributed by atoms with E-state index in [1.54, 1.807) is 0 Å². The van der Waals surface area contributed by atoms with Crippen molar-refractivity contribution in [2.75, 3.05) is 18.4 Å². The molecule has 1 N–H and O–H groups in total. The minimum absolute atomic E-state index is 0.202. The molecule has 0 unspecified atom stereocenters. The minimum atomic E-state index is 0.202. The molecule has 3 nitrogen and oxygen atoms in total. The lowest BCUT2D eigenvalue weighted by Crippen LogP contribution is -2.37. The van der Waals surface area contributed by atoms with E-state index in [2.05, 4.69) is 27.9 Å². The van der Waals surface area contributed by atoms with Crippen molar-refractivity contribution < 1.29 is 4.79 Å². The highest BCUT2D eigenvalue weighted by molar-refractivity contribution is 14.1. The van der Waals surface area contributed by atoms with Gasteiger partial charge in [-0.05, 0) is 66.6 Å². The first-order valence-electron chi connectivity index (χ1n) is 5.99. The molecule has 1 aliphatic rings. The van der Waals surface area contributed by atoms with E-state index in [1.807, 2.05) is 36.1 Å². The summed E-state index contributed by atoms with van der Waals surface area (Å²) in [6.07, 6.45) is 2.34. The highest BCUT2D eigenvalue weighted by atomic mass is 127. The van der Waals surface area contributed by atoms with Crippen molar-refractivity contribution in [3.05, 3.63) is 27.8 Å². The van der Waals surface area contributed by atoms with Gasteiger partial charge in [-0.3, -0.25) is 4.79 Å². The Morgan fingerprint density at radius 2 is 2.06 bits per heavy atom. The monoisotopic (exact) mass is 344 g/mol. The normalized spacial score (nSPS) is 14.5. The van der Waals surface area contributed by atoms with Crippen LogP contribution in [0.25, 0.3) is 0 Å². The Balaban J connectivity index is 1.84. The molecule has 1 aromatic carbocycles. The SMILES string of the molecule is CCN(C(=O)CNc1ccc(I)cc1)C1CC1. The summed E-state index contributed by atoms with van der Waals surface area (Å²) >= 11 is 2.27. The molecule has 0 atom stereocenters. The van der Waals surface area contributed by atoms with Gasteiger partial charge in [-0.15, -0.1) is 0 Å². The van der Waals surface area contributed by atoms with E-state index in [0.717, 1.165) is 12.2 Å². The number of hydrogen-bond donors (Lipinski definition) is 1. The number of carbonyl (C=O) groups is 1. The van der Waals surface area contributed by atoms with E-state index in [9.17, 15) is 4.79 Å². The summed E-state index contributed by atoms with van der Waals surface area (Å²) in [6, 6.07) is 8.58. The molecule has 0 saturated heterocycles. The van der Waals surface area contributed by atoms with Gasteiger partial charge >= 0.3 is 0 Å². The molecule has 2 rings (SSSR count). The average Bonchev–Trinajstić information content (AvgIpc) is 3.14. The third-order valence-corrected chi connectivity index (χ3v) is 3.66. The highest BCUT2D eigenvalue weighted by Crippen LogP contribution is 2.26. The minimum Gasteiger partial charge on any atom is -0.376 e. The first kappa shape index (κ1) is 12.7. The number of likely N-dealkylation sites (N-methyl/N-ethyl adjacent to an activating group) is 1. The second-order valence-corrected chi connectivity index (χ2v) is 5.52. The lowest BCUT2D eigenvalue weighted by atomic mass is 10.3. The van der Waals surface area contributed by atoms with E-state index < -0.39 is 0 Å². The van der Waals surface area contributed by atoms with E-state index in [1.165, 1.54) is 16.4 Å². The molecular weight excluding hydrogens is 327 g/mol. The first-order chi connectivity index (χ1) is 8.20. The molecule has 0 heterocycles. The zero-order valence-electron chi connectivity index (χ0n) is 9.95. The van der Waals surface area contributed by atoms with Crippen LogP contribution in [0.3, 0.4) is 0 Å². The summed E-state index contributed by atoms with van der Waals surface area (Å²) in [5, 5.41) is 3.17. The van der Waals surface area contributed by atoms with Gasteiger partial charge in [-0.2, -0.15) is 0 Å². The number of benzene rings is 1. The molecule has 0 aliphatic heterocycles. The number of carbonyl (C=O) groups excluding carboxylic acids is 1. The van der Waals surface area contributed by atoms with Gasteiger partial charge in [0.05, 0.1) is 6.54 Å². The molecular formula is C13H17IN2O. The number of anilines is 1. The van der Waals surface area contributed by atoms with Crippen molar-refractivity contribution in [3.63, 3.8) is 0 Å². The average molecular weight is 344 g/mol. The Labute approximate surface area is 116 Å². The van der Waals surface area contributed by atoms with E-state index in [4.69, 9.17) is 0 Å². The topological polar surface area (TPSA) is 32.3 Å². The quantitative estimate of drug-likeness (QED) is 0.833. The summed E-state index contributed by atoms with van der Waals surface area (Å²) in [4.78, 5) is 13.9. The van der Waals surface area contributed by atoms with Crippen LogP contribution < -0.4 is 5.32 Å². The molecule has 1 aromatic rings. The summed E-state index contributed by atoms with van der Waals surface area (Å²) in [5.41, 5.74) is 1.01. The van der Waals surface area contributed by atoms with Crippen LogP contribution in [-0.2, 0) is 4.79 Å². The van der Waals surface area contributed by atoms with E-state index in [-0.39, 0.29) is 5.91 Å². The van der Waals surface area contributed by atoms with Crippen molar-refractivity contribution in [2.45, 2.75) is 25.8 Å². The van der Waals surface area contributed by atoms with E-state index in [0.29, 0.717) is 12.6 Å². The van der Waals surface area contributed by atoms with Crippen molar-refractivity contribution in [2.24, 2.45) is 0 Å². The fraction of sp³-hybridized carbons (Fsp3) is 0.462. The molecule has 1 aliphatic carbocycles. The van der Waals surface area contributed by atoms with Crippen molar-refractivity contribution in [1.82, 2.24) is 4.90 Å². The fourth-order valence-electron chi connectivity index (χ4n) is 1.87. The zero-order valence-corrected chi connectivity index (χ0v) is 12.1. The van der Waals surface area contributed by atoms with Gasteiger partial charge in [0.15, 0.2) is 0 Å². The molecule has 0 aromatic heterocycles. The maximum Gasteiger partial charge on any atom is 0.242 e. The molecule has 17 heavy (non-hydrogen) atoms. The van der Waals surface area contributed by atoms with E-state index >= 15 is 0 Å². The molecule has 1 amide bonds. The highest BCUT2D eigenvalue weighted by Gasteiger charge is 2.30. The van der Waals surface area contributed by atoms with Gasteiger partial charge in [0.1, 0.15) is 0 Å². The molecule has 0 radical (unpaired) electrons. The third kappa shape index (κ3) is 3.59. The lowest BCUT2D eigenvalue weighted by molar-refractivity contribution is -0.129. The Bertz CT molecular complexity index is 387. The lowest BCUT2D eigenvalue weighted by Gasteiger charge is -2.20. The molecule has 0 bridgehead atoms. The van der Waals surface area contributed by atoms with Crippen LogP contribution in [0.4, 0.5) is 5.69 Å². The maximum atomic E-state index is 12.0. The van der Waals surface area contributed by atoms with Gasteiger partial charge in [0.25, 0.3) is 0 Å². The fourth-order valence-corrected chi connectivity index (χ4v) is 2.23. The van der Waals surface area contributed by atoms with Crippen LogP contribution in [0.2, 0.25) is 0 Å². The number of nitrogens with one attached hydrogen (secondary N) is 1. The third-order valence-electron chi connectivity index (χ3n) is 2.94. The standard InChI is InChI=1S/C13H17IN2O/c1-2-16(12-7-8-12)13(17)9-15-11-5-3-10(14)4-6-11/h3-6,12,15H,2,7-9H2,1H3. The second-order valence-electron chi connectivity index (χ2n) is 4.27. The summed E-state index contributed by atoms with van der Waals surface area (Å²) in [5.74, 6) is 0.202. The number of amides is 1. The number of nitrogens with zero attached hydrogens (tertiary/aromatic N) is 1. The summed E-state index contributed by atoms with van der Waals surface area (Å²) in [7, 11) is 0. The first-order valence-corrected chi connectivity index (χ1v) is 7.07. The van der Waals surface area contributed by atoms with Crippen LogP contribution in [0.15, 0.2) is 24.3 Å². The predicted molar refractivity (Wildman–Crippen MR) is 78.1 cm³/mol. The van der Waals surface area contributed by atoms with Crippen molar-refractivity contribution in [1.29, 1.82) is 0 Å². The Kier molecular flexibility index (Phi) is 4.25. The van der Waals surface area contributed by atoms with Gasteiger partial charge in [-0.1, -0.05) is 0 Å². The van der Waals surface area contributed by atoms with Gasteiger partial charge in [0.2, 0.25) is 5.91 Å². The molecule has 92 valence electrons. The van der Waals surface area contributed by atoms with Crippen molar-refractivity contribution >= 4 is 34.2 Å². The number of hydrogen-bond acceptors (Lipinski definition) is 2. The van der Waals surface area contributed by atoms with Crippen LogP contribution in [0.1, 0.15) is 19.8 Å². The number of rotatable bonds is 5. The second kappa shape index (κ2) is 5.71. The van der Waals surface area contributed by atoms with Crippen LogP contribution in [0, 0.1) is 3.57 Å². The Morgan fingerprint density at radius 1 is 1.41 bits per heavy atom. The number of halogens is 1. The largest absolute Gasteiger partial charge is 0.376 e. The van der Waals surface area contributed by atoms with Crippen LogP contribution in [0.5, 0.6) is 0 Å². The molecule has 1 fully saturated rings. The maximum absolute atomic E-state index is 12.0. The van der Waals surface area contributed by atoms with Gasteiger partial charge in [-0.25, -0.2) is 0 Å². The zero-order chi connectivity index (χ0) is 12.3. The summed E-state index contributed by atoms with van der Waals surface area (Å²) in [6.45, 7) is 3.25. The van der Waals surface area contributed by atoms with Crippen molar-refractivity contribution in [3.8, 4) is 0 Å². The smallest absolute Gasteiger partial charge is 0.242 e. The Morgan fingerprint density at radius 3 is 2.59 bits per heavy atom. The molecule has 4 heteroatoms. The molecule has 1 saturated carbocycles. The van der Waals surface area contributed by atoms with Gasteiger partial charge in [0, 0.05) is 21.8 Å². The predicted octanol–water partition coefficient (Wildman–Crippen LogP) is 2.71. The molecule has 0 spiro atoms. The summed E-state index contributed by atoms with van der Waals surface area (Å²) < 4.78 is 1.20. The van der Waals surface area contributed by atoms with Gasteiger partial charge < -0.3 is 10.2 Å². The van der Waals surface area contributed by atoms with Crippen LogP contribution >= 0.6 is 22.6 Å². The van der Waals surface area contributed by atoms with Crippen LogP contribution in [-0.4, -0.2) is 29.9 Å².